The van der Waals surface area contributed by atoms with Crippen LogP contribution in [0.5, 0.6) is 0 Å². The number of amides is 2. The monoisotopic (exact) mass is 397 g/mol. The van der Waals surface area contributed by atoms with Crippen molar-refractivity contribution in [3.8, 4) is 0 Å². The summed E-state index contributed by atoms with van der Waals surface area (Å²) >= 11 is 1.45. The molecule has 2 aromatic rings. The fourth-order valence-corrected chi connectivity index (χ4v) is 4.89. The molecule has 0 spiro atoms. The molecule has 1 atom stereocenters. The van der Waals surface area contributed by atoms with Crippen LogP contribution in [0.3, 0.4) is 0 Å². The third-order valence-corrected chi connectivity index (χ3v) is 6.56. The van der Waals surface area contributed by atoms with Crippen molar-refractivity contribution in [3.63, 3.8) is 0 Å². The van der Waals surface area contributed by atoms with Gasteiger partial charge in [0.05, 0.1) is 4.88 Å². The van der Waals surface area contributed by atoms with Crippen LogP contribution in [-0.2, 0) is 11.3 Å². The van der Waals surface area contributed by atoms with Gasteiger partial charge in [0.1, 0.15) is 6.04 Å². The molecule has 3 heterocycles. The van der Waals surface area contributed by atoms with E-state index in [1.807, 2.05) is 22.4 Å². The van der Waals surface area contributed by atoms with E-state index in [-0.39, 0.29) is 17.9 Å². The summed E-state index contributed by atoms with van der Waals surface area (Å²) in [5.74, 6) is 0.126. The van der Waals surface area contributed by atoms with E-state index in [9.17, 15) is 9.59 Å². The van der Waals surface area contributed by atoms with Crippen molar-refractivity contribution in [2.45, 2.75) is 32.4 Å². The number of thiophene rings is 1. The molecule has 0 N–H and O–H groups in total. The van der Waals surface area contributed by atoms with E-state index in [0.29, 0.717) is 6.54 Å². The maximum Gasteiger partial charge on any atom is 0.264 e. The second-order valence-electron chi connectivity index (χ2n) is 7.72. The molecule has 1 aromatic heterocycles. The maximum absolute atomic E-state index is 13.1. The molecule has 0 bridgehead atoms. The van der Waals surface area contributed by atoms with Crippen molar-refractivity contribution >= 4 is 23.2 Å². The zero-order valence-electron chi connectivity index (χ0n) is 16.3. The first-order valence-electron chi connectivity index (χ1n) is 10.0. The summed E-state index contributed by atoms with van der Waals surface area (Å²) in [4.78, 5) is 32.7. The molecule has 0 radical (unpaired) electrons. The van der Waals surface area contributed by atoms with Gasteiger partial charge in [-0.25, -0.2) is 0 Å². The van der Waals surface area contributed by atoms with Crippen LogP contribution in [0.2, 0.25) is 0 Å². The van der Waals surface area contributed by atoms with Crippen molar-refractivity contribution in [3.05, 3.63) is 57.8 Å². The molecule has 5 nitrogen and oxygen atoms in total. The Kier molecular flexibility index (Phi) is 5.78. The summed E-state index contributed by atoms with van der Waals surface area (Å²) in [6.07, 6.45) is 1.68. The lowest BCUT2D eigenvalue weighted by molar-refractivity contribution is -0.137. The molecule has 1 unspecified atom stereocenters. The second-order valence-corrected chi connectivity index (χ2v) is 8.67. The third kappa shape index (κ3) is 4.13. The fraction of sp³-hybridized carbons (Fsp3) is 0.455. The highest BCUT2D eigenvalue weighted by Crippen LogP contribution is 2.24. The number of likely N-dealkylation sites (tertiary alicyclic amines) is 1. The minimum absolute atomic E-state index is 0.00364. The Balaban J connectivity index is 1.34. The predicted molar refractivity (Wildman–Crippen MR) is 111 cm³/mol. The van der Waals surface area contributed by atoms with Gasteiger partial charge in [-0.05, 0) is 36.8 Å². The number of rotatable bonds is 4. The highest BCUT2D eigenvalue weighted by atomic mass is 32.1. The molecule has 2 aliphatic rings. The number of aryl methyl sites for hydroxylation is 1. The molecule has 1 aromatic carbocycles. The van der Waals surface area contributed by atoms with Crippen LogP contribution in [0, 0.1) is 6.92 Å². The van der Waals surface area contributed by atoms with Gasteiger partial charge in [-0.1, -0.05) is 35.9 Å². The SMILES string of the molecule is Cc1cccc(CN2CCN(C(=O)C3CCCN3C(=O)c3cccs3)CC2)c1. The Hall–Kier alpha value is -2.18. The first-order valence-corrected chi connectivity index (χ1v) is 10.9. The van der Waals surface area contributed by atoms with E-state index in [0.717, 1.165) is 50.4 Å². The Labute approximate surface area is 170 Å². The maximum atomic E-state index is 13.1. The van der Waals surface area contributed by atoms with Crippen molar-refractivity contribution in [2.24, 2.45) is 0 Å². The van der Waals surface area contributed by atoms with Gasteiger partial charge in [0.15, 0.2) is 0 Å². The van der Waals surface area contributed by atoms with E-state index in [2.05, 4.69) is 36.1 Å². The lowest BCUT2D eigenvalue weighted by Gasteiger charge is -2.37. The van der Waals surface area contributed by atoms with Crippen molar-refractivity contribution in [2.75, 3.05) is 32.7 Å². The Morgan fingerprint density at radius 3 is 2.61 bits per heavy atom. The number of piperazine rings is 1. The minimum Gasteiger partial charge on any atom is -0.338 e. The molecule has 4 rings (SSSR count). The third-order valence-electron chi connectivity index (χ3n) is 5.70. The van der Waals surface area contributed by atoms with Crippen LogP contribution in [-0.4, -0.2) is 65.3 Å². The van der Waals surface area contributed by atoms with Gasteiger partial charge in [-0.3, -0.25) is 14.5 Å². The summed E-state index contributed by atoms with van der Waals surface area (Å²) in [6.45, 7) is 6.96. The summed E-state index contributed by atoms with van der Waals surface area (Å²) < 4.78 is 0. The number of carbonyl (C=O) groups is 2. The van der Waals surface area contributed by atoms with Gasteiger partial charge < -0.3 is 9.80 Å². The smallest absolute Gasteiger partial charge is 0.264 e. The molecule has 28 heavy (non-hydrogen) atoms. The number of hydrogen-bond acceptors (Lipinski definition) is 4. The highest BCUT2D eigenvalue weighted by molar-refractivity contribution is 7.12. The largest absolute Gasteiger partial charge is 0.338 e. The molecule has 2 aliphatic heterocycles. The summed E-state index contributed by atoms with van der Waals surface area (Å²) in [7, 11) is 0. The summed E-state index contributed by atoms with van der Waals surface area (Å²) in [5, 5.41) is 1.91. The predicted octanol–water partition coefficient (Wildman–Crippen LogP) is 3.01. The summed E-state index contributed by atoms with van der Waals surface area (Å²) in [5.41, 5.74) is 2.60. The molecule has 2 amide bonds. The normalized spacial score (nSPS) is 20.5. The van der Waals surface area contributed by atoms with Gasteiger partial charge in [0.25, 0.3) is 5.91 Å². The van der Waals surface area contributed by atoms with E-state index in [1.165, 1.54) is 22.5 Å². The number of hydrogen-bond donors (Lipinski definition) is 0. The molecule has 2 fully saturated rings. The number of benzene rings is 1. The first kappa shape index (κ1) is 19.2. The first-order chi connectivity index (χ1) is 13.6. The molecule has 0 aliphatic carbocycles. The zero-order chi connectivity index (χ0) is 19.5. The molecule has 2 saturated heterocycles. The quantitative estimate of drug-likeness (QED) is 0.797. The zero-order valence-corrected chi connectivity index (χ0v) is 17.2. The van der Waals surface area contributed by atoms with Crippen LogP contribution in [0.1, 0.15) is 33.6 Å². The fourth-order valence-electron chi connectivity index (χ4n) is 4.21. The second kappa shape index (κ2) is 8.45. The number of nitrogens with zero attached hydrogens (tertiary/aromatic N) is 3. The van der Waals surface area contributed by atoms with Crippen LogP contribution >= 0.6 is 11.3 Å². The van der Waals surface area contributed by atoms with E-state index in [4.69, 9.17) is 0 Å². The van der Waals surface area contributed by atoms with E-state index >= 15 is 0 Å². The molecule has 6 heteroatoms. The number of carbonyl (C=O) groups excluding carboxylic acids is 2. The highest BCUT2D eigenvalue weighted by Gasteiger charge is 2.37. The van der Waals surface area contributed by atoms with E-state index < -0.39 is 0 Å². The van der Waals surface area contributed by atoms with Crippen molar-refractivity contribution < 1.29 is 9.59 Å². The minimum atomic E-state index is -0.294. The van der Waals surface area contributed by atoms with Gasteiger partial charge in [-0.15, -0.1) is 11.3 Å². The average molecular weight is 398 g/mol. The van der Waals surface area contributed by atoms with Gasteiger partial charge >= 0.3 is 0 Å². The summed E-state index contributed by atoms with van der Waals surface area (Å²) in [6, 6.07) is 12.0. The lowest BCUT2D eigenvalue weighted by atomic mass is 10.1. The van der Waals surface area contributed by atoms with E-state index in [1.54, 1.807) is 4.90 Å². The topological polar surface area (TPSA) is 43.9 Å². The molecule has 148 valence electrons. The van der Waals surface area contributed by atoms with Gasteiger partial charge in [0.2, 0.25) is 5.91 Å². The molecule has 0 saturated carbocycles. The Morgan fingerprint density at radius 2 is 1.89 bits per heavy atom. The van der Waals surface area contributed by atoms with Crippen molar-refractivity contribution in [1.29, 1.82) is 0 Å². The van der Waals surface area contributed by atoms with Crippen LogP contribution < -0.4 is 0 Å². The molecular formula is C22H27N3O2S. The molecular weight excluding hydrogens is 370 g/mol. The van der Waals surface area contributed by atoms with Crippen LogP contribution in [0.15, 0.2) is 41.8 Å². The Bertz CT molecular complexity index is 828. The Morgan fingerprint density at radius 1 is 1.07 bits per heavy atom. The van der Waals surface area contributed by atoms with Crippen molar-refractivity contribution in [1.82, 2.24) is 14.7 Å². The van der Waals surface area contributed by atoms with Gasteiger partial charge in [0, 0.05) is 39.3 Å². The van der Waals surface area contributed by atoms with Crippen LogP contribution in [0.4, 0.5) is 0 Å². The van der Waals surface area contributed by atoms with Crippen LogP contribution in [0.25, 0.3) is 0 Å². The standard InChI is InChI=1S/C22H27N3O2S/c1-17-5-2-6-18(15-17)16-23-10-12-24(13-11-23)21(26)19-7-3-9-25(19)22(27)20-8-4-14-28-20/h2,4-6,8,14-15,19H,3,7,9-13,16H2,1H3. The lowest BCUT2D eigenvalue weighted by Crippen LogP contribution is -2.54. The van der Waals surface area contributed by atoms with Gasteiger partial charge in [-0.2, -0.15) is 0 Å². The average Bonchev–Trinajstić information content (AvgIpc) is 3.40.